The topological polar surface area (TPSA) is 42.2 Å². The number of unbranched alkanes of at least 4 members (excludes halogenated alkanes) is 11. The molecule has 0 saturated carbocycles. The molecule has 0 atom stereocenters. The van der Waals surface area contributed by atoms with Crippen molar-refractivity contribution in [1.82, 2.24) is 0 Å². The van der Waals surface area contributed by atoms with Gasteiger partial charge >= 0.3 is 0 Å². The Morgan fingerprint density at radius 2 is 1.37 bits per heavy atom. The molecule has 0 radical (unpaired) electrons. The monoisotopic (exact) mass is 577 g/mol. The second-order valence-corrected chi connectivity index (χ2v) is 11.9. The largest absolute Gasteiger partial charge is 0.494 e. The van der Waals surface area contributed by atoms with Gasteiger partial charge in [-0.3, -0.25) is 4.79 Å². The number of halogens is 1. The molecular formula is C36H50ClN2O2+. The first-order chi connectivity index (χ1) is 19.9. The summed E-state index contributed by atoms with van der Waals surface area (Å²) in [5, 5.41) is 3.55. The molecule has 0 bridgehead atoms. The number of carbonyl (C=O) groups is 1. The summed E-state index contributed by atoms with van der Waals surface area (Å²) in [6.07, 6.45) is 20.4. The van der Waals surface area contributed by atoms with E-state index in [0.717, 1.165) is 30.0 Å². The van der Waals surface area contributed by atoms with E-state index in [4.69, 9.17) is 16.3 Å². The molecule has 0 aliphatic heterocycles. The highest BCUT2D eigenvalue weighted by Gasteiger charge is 2.10. The molecule has 1 amide bonds. The Kier molecular flexibility index (Phi) is 14.8. The number of nitrogens with one attached hydrogen (secondary N) is 1. The number of nitrogens with zero attached hydrogens (tertiary/aromatic N) is 1. The van der Waals surface area contributed by atoms with Crippen LogP contribution in [0.5, 0.6) is 5.75 Å². The fourth-order valence-corrected chi connectivity index (χ4v) is 5.50. The molecule has 0 saturated heterocycles. The van der Waals surface area contributed by atoms with Gasteiger partial charge in [-0.2, -0.15) is 0 Å². The maximum absolute atomic E-state index is 12.7. The van der Waals surface area contributed by atoms with Crippen LogP contribution < -0.4 is 14.6 Å². The lowest BCUT2D eigenvalue weighted by Crippen LogP contribution is -2.34. The van der Waals surface area contributed by atoms with Crippen molar-refractivity contribution < 1.29 is 14.1 Å². The van der Waals surface area contributed by atoms with Crippen LogP contribution >= 0.6 is 11.6 Å². The fourth-order valence-electron chi connectivity index (χ4n) is 5.26. The van der Waals surface area contributed by atoms with Crippen LogP contribution in [0.2, 0.25) is 5.02 Å². The van der Waals surface area contributed by atoms with E-state index >= 15 is 0 Å². The molecule has 0 aliphatic rings. The van der Waals surface area contributed by atoms with Crippen molar-refractivity contribution in [1.29, 1.82) is 0 Å². The van der Waals surface area contributed by atoms with Gasteiger partial charge in [0.15, 0.2) is 18.9 Å². The normalized spacial score (nSPS) is 11.0. The first-order valence-electron chi connectivity index (χ1n) is 15.7. The van der Waals surface area contributed by atoms with E-state index in [-0.39, 0.29) is 12.3 Å². The van der Waals surface area contributed by atoms with Crippen LogP contribution in [0.15, 0.2) is 60.9 Å². The molecule has 1 N–H and O–H groups in total. The minimum atomic E-state index is -0.0894. The quantitative estimate of drug-likeness (QED) is 0.114. The predicted octanol–water partition coefficient (Wildman–Crippen LogP) is 9.55. The molecule has 2 aromatic carbocycles. The Bertz CT molecular complexity index is 1170. The van der Waals surface area contributed by atoms with E-state index in [1.54, 1.807) is 0 Å². The molecule has 0 spiro atoms. The molecule has 5 heteroatoms. The van der Waals surface area contributed by atoms with Gasteiger partial charge in [0.05, 0.1) is 13.0 Å². The van der Waals surface area contributed by atoms with Crippen LogP contribution in [0.25, 0.3) is 0 Å². The van der Waals surface area contributed by atoms with Crippen LogP contribution in [0, 0.1) is 13.8 Å². The third-order valence-corrected chi connectivity index (χ3v) is 7.79. The lowest BCUT2D eigenvalue weighted by atomic mass is 10.1. The van der Waals surface area contributed by atoms with E-state index in [1.165, 1.54) is 87.3 Å². The predicted molar refractivity (Wildman–Crippen MR) is 172 cm³/mol. The van der Waals surface area contributed by atoms with Crippen LogP contribution in [-0.2, 0) is 17.8 Å². The zero-order valence-corrected chi connectivity index (χ0v) is 26.3. The van der Waals surface area contributed by atoms with Crippen molar-refractivity contribution >= 4 is 23.2 Å². The number of pyridine rings is 1. The number of ether oxygens (including phenoxy) is 1. The second kappa shape index (κ2) is 18.6. The summed E-state index contributed by atoms with van der Waals surface area (Å²) in [5.74, 6) is 0.674. The molecule has 41 heavy (non-hydrogen) atoms. The van der Waals surface area contributed by atoms with Crippen molar-refractivity contribution in [2.75, 3.05) is 11.9 Å². The van der Waals surface area contributed by atoms with E-state index in [0.29, 0.717) is 11.6 Å². The summed E-state index contributed by atoms with van der Waals surface area (Å²) >= 11 is 6.49. The number of aromatic nitrogens is 1. The lowest BCUT2D eigenvalue weighted by Gasteiger charge is -2.10. The summed E-state index contributed by atoms with van der Waals surface area (Å²) < 4.78 is 8.10. The number of anilines is 1. The van der Waals surface area contributed by atoms with Crippen molar-refractivity contribution in [3.63, 3.8) is 0 Å². The van der Waals surface area contributed by atoms with Gasteiger partial charge in [0.25, 0.3) is 0 Å². The van der Waals surface area contributed by atoms with Gasteiger partial charge < -0.3 is 10.1 Å². The Morgan fingerprint density at radius 3 is 1.95 bits per heavy atom. The van der Waals surface area contributed by atoms with Gasteiger partial charge in [-0.05, 0) is 56.2 Å². The Morgan fingerprint density at radius 1 is 0.780 bits per heavy atom. The van der Waals surface area contributed by atoms with Crippen LogP contribution in [-0.4, -0.2) is 12.5 Å². The molecule has 0 aliphatic carbocycles. The zero-order valence-electron chi connectivity index (χ0n) is 25.5. The molecule has 0 fully saturated rings. The molecule has 0 unspecified atom stereocenters. The number of benzene rings is 2. The summed E-state index contributed by atoms with van der Waals surface area (Å²) in [4.78, 5) is 12.7. The number of hydrogen-bond donors (Lipinski definition) is 1. The highest BCUT2D eigenvalue weighted by Crippen LogP contribution is 2.24. The third-order valence-electron chi connectivity index (χ3n) is 7.44. The zero-order chi connectivity index (χ0) is 29.3. The lowest BCUT2D eigenvalue weighted by molar-refractivity contribution is -0.689. The number of aryl methyl sites for hydroxylation is 2. The number of hydrogen-bond acceptors (Lipinski definition) is 2. The highest BCUT2D eigenvalue weighted by atomic mass is 35.5. The van der Waals surface area contributed by atoms with Gasteiger partial charge in [0, 0.05) is 27.4 Å². The number of amides is 1. The van der Waals surface area contributed by atoms with Gasteiger partial charge in [0.1, 0.15) is 5.75 Å². The number of carbonyl (C=O) groups excluding carboxylic acids is 1. The molecular weight excluding hydrogens is 528 g/mol. The SMILES string of the molecule is CCCCCCCCCCCCCCOc1ccc(CC(=O)Nc2ccc(C[n+]3cc(C)cc(C)c3)cc2)c(Cl)c1. The Balaban J connectivity index is 1.30. The van der Waals surface area contributed by atoms with Gasteiger partial charge in [0.2, 0.25) is 5.91 Å². The van der Waals surface area contributed by atoms with Crippen molar-refractivity contribution in [2.24, 2.45) is 0 Å². The smallest absolute Gasteiger partial charge is 0.228 e. The first kappa shape index (κ1) is 32.7. The molecule has 222 valence electrons. The minimum Gasteiger partial charge on any atom is -0.494 e. The molecule has 3 rings (SSSR count). The second-order valence-electron chi connectivity index (χ2n) is 11.5. The Labute approximate surface area is 253 Å². The summed E-state index contributed by atoms with van der Waals surface area (Å²) in [7, 11) is 0. The highest BCUT2D eigenvalue weighted by molar-refractivity contribution is 6.31. The average Bonchev–Trinajstić information content (AvgIpc) is 2.93. The summed E-state index contributed by atoms with van der Waals surface area (Å²) in [6, 6.07) is 15.8. The maximum atomic E-state index is 12.7. The maximum Gasteiger partial charge on any atom is 0.228 e. The molecule has 3 aromatic rings. The van der Waals surface area contributed by atoms with Crippen molar-refractivity contribution in [3.8, 4) is 5.75 Å². The van der Waals surface area contributed by atoms with Gasteiger partial charge in [-0.15, -0.1) is 0 Å². The summed E-state index contributed by atoms with van der Waals surface area (Å²) in [6.45, 7) is 7.98. The average molecular weight is 578 g/mol. The molecule has 4 nitrogen and oxygen atoms in total. The van der Waals surface area contributed by atoms with Crippen molar-refractivity contribution in [2.45, 2.75) is 111 Å². The van der Waals surface area contributed by atoms with Crippen LogP contribution in [0.4, 0.5) is 5.69 Å². The molecule has 1 aromatic heterocycles. The summed E-state index contributed by atoms with van der Waals surface area (Å²) in [5.41, 5.74) is 5.24. The van der Waals surface area contributed by atoms with Gasteiger partial charge in [-0.1, -0.05) is 107 Å². The van der Waals surface area contributed by atoms with E-state index in [2.05, 4.69) is 61.2 Å². The minimum absolute atomic E-state index is 0.0894. The first-order valence-corrected chi connectivity index (χ1v) is 16.1. The van der Waals surface area contributed by atoms with Crippen LogP contribution in [0.1, 0.15) is 106 Å². The molecule has 1 heterocycles. The number of rotatable bonds is 19. The van der Waals surface area contributed by atoms with E-state index in [9.17, 15) is 4.79 Å². The van der Waals surface area contributed by atoms with Crippen LogP contribution in [0.3, 0.4) is 0 Å². The standard InChI is InChI=1S/C36H49ClN2O2/c1-4-5-6-7-8-9-10-11-12-13-14-15-22-41-34-21-18-32(35(37)25-34)24-36(40)38-33-19-16-31(17-20-33)28-39-26-29(2)23-30(3)27-39/h16-21,23,25-27H,4-15,22,24,28H2,1-3H3/p+1. The fraction of sp³-hybridized carbons (Fsp3) is 0.500. The van der Waals surface area contributed by atoms with E-state index in [1.807, 2.05) is 30.3 Å². The Hall–Kier alpha value is -2.85. The van der Waals surface area contributed by atoms with Gasteiger partial charge in [-0.25, -0.2) is 4.57 Å². The van der Waals surface area contributed by atoms with Crippen molar-refractivity contribution in [3.05, 3.63) is 88.2 Å². The van der Waals surface area contributed by atoms with E-state index < -0.39 is 0 Å². The third kappa shape index (κ3) is 13.1.